The van der Waals surface area contributed by atoms with Crippen LogP contribution in [0.5, 0.6) is 5.75 Å². The number of aromatic nitrogens is 1. The molecule has 176 valence electrons. The van der Waals surface area contributed by atoms with Crippen LogP contribution in [0, 0.1) is 12.7 Å². The number of carbonyl (C=O) groups is 2. The third-order valence-electron chi connectivity index (χ3n) is 6.23. The number of fused-ring (bicyclic) bond motifs is 3. The quantitative estimate of drug-likeness (QED) is 0.680. The molecular formula is C23H27FN4O5. The number of nitrogens with one attached hydrogen (secondary N) is 1. The molecule has 0 bridgehead atoms. The van der Waals surface area contributed by atoms with Gasteiger partial charge in [0.1, 0.15) is 17.5 Å². The molecule has 1 fully saturated rings. The lowest BCUT2D eigenvalue weighted by Gasteiger charge is -2.48. The number of methoxy groups -OCH3 is 1. The summed E-state index contributed by atoms with van der Waals surface area (Å²) in [5.41, 5.74) is 0.0362. The molecule has 0 radical (unpaired) electrons. The molecular weight excluding hydrogens is 431 g/mol. The molecule has 2 aliphatic rings. The average Bonchev–Trinajstić information content (AvgIpc) is 2.80. The molecule has 2 aliphatic heterocycles. The summed E-state index contributed by atoms with van der Waals surface area (Å²) in [6.45, 7) is 3.06. The lowest BCUT2D eigenvalue weighted by molar-refractivity contribution is 0.0433. The second-order valence-corrected chi connectivity index (χ2v) is 8.30. The lowest BCUT2D eigenvalue weighted by Crippen LogP contribution is -2.63. The van der Waals surface area contributed by atoms with Crippen molar-refractivity contribution in [1.82, 2.24) is 14.9 Å². The minimum atomic E-state index is -0.912. The van der Waals surface area contributed by atoms with Gasteiger partial charge in [-0.2, -0.15) is 0 Å². The Balaban J connectivity index is 1.67. The van der Waals surface area contributed by atoms with Gasteiger partial charge >= 0.3 is 0 Å². The number of nitrogens with zero attached hydrogens (tertiary/aromatic N) is 3. The Kier molecular flexibility index (Phi) is 6.37. The third-order valence-corrected chi connectivity index (χ3v) is 6.23. The van der Waals surface area contributed by atoms with Gasteiger partial charge in [0.2, 0.25) is 5.43 Å². The zero-order valence-electron chi connectivity index (χ0n) is 18.6. The zero-order chi connectivity index (χ0) is 23.7. The Hall–Kier alpha value is -3.40. The molecule has 2 amide bonds. The van der Waals surface area contributed by atoms with E-state index < -0.39 is 23.0 Å². The highest BCUT2D eigenvalue weighted by atomic mass is 19.1. The van der Waals surface area contributed by atoms with Crippen LogP contribution in [0.25, 0.3) is 0 Å². The first-order valence-electron chi connectivity index (χ1n) is 10.9. The smallest absolute Gasteiger partial charge is 0.278 e. The number of piperidine rings is 1. The maximum absolute atomic E-state index is 13.3. The van der Waals surface area contributed by atoms with Crippen molar-refractivity contribution in [3.05, 3.63) is 62.8 Å². The van der Waals surface area contributed by atoms with E-state index in [0.717, 1.165) is 19.3 Å². The first-order chi connectivity index (χ1) is 15.8. The van der Waals surface area contributed by atoms with Crippen LogP contribution in [0.1, 0.15) is 51.2 Å². The van der Waals surface area contributed by atoms with Crippen molar-refractivity contribution >= 4 is 11.8 Å². The van der Waals surface area contributed by atoms with Crippen molar-refractivity contribution in [3.8, 4) is 5.75 Å². The van der Waals surface area contributed by atoms with E-state index in [1.165, 1.54) is 23.0 Å². The number of pyridine rings is 1. The summed E-state index contributed by atoms with van der Waals surface area (Å²) >= 11 is 0. The number of aryl methyl sites for hydroxylation is 1. The molecule has 33 heavy (non-hydrogen) atoms. The van der Waals surface area contributed by atoms with Crippen LogP contribution in [0.15, 0.2) is 29.2 Å². The van der Waals surface area contributed by atoms with Gasteiger partial charge < -0.3 is 20.1 Å². The number of ether oxygens (including phenoxy) is 1. The second-order valence-electron chi connectivity index (χ2n) is 8.30. The fourth-order valence-electron chi connectivity index (χ4n) is 4.46. The van der Waals surface area contributed by atoms with Gasteiger partial charge in [0, 0.05) is 32.9 Å². The SMILES string of the molecule is COCCN1C(=O)c2c(O)c(=O)c(C(=O)NCc3ccc(F)cc3C)cn2N2CCCC[C@@H]12. The Morgan fingerprint density at radius 3 is 2.82 bits per heavy atom. The van der Waals surface area contributed by atoms with Crippen LogP contribution in [0.2, 0.25) is 0 Å². The van der Waals surface area contributed by atoms with Gasteiger partial charge in [-0.3, -0.25) is 24.1 Å². The fourth-order valence-corrected chi connectivity index (χ4v) is 4.46. The van der Waals surface area contributed by atoms with Crippen LogP contribution >= 0.6 is 0 Å². The molecule has 2 N–H and O–H groups in total. The fraction of sp³-hybridized carbons (Fsp3) is 0.435. The second kappa shape index (κ2) is 9.22. The normalized spacial score (nSPS) is 17.5. The van der Waals surface area contributed by atoms with Crippen LogP contribution in [0.4, 0.5) is 4.39 Å². The van der Waals surface area contributed by atoms with E-state index in [4.69, 9.17) is 4.74 Å². The number of hydrogen-bond acceptors (Lipinski definition) is 6. The minimum absolute atomic E-state index is 0.0863. The lowest BCUT2D eigenvalue weighted by atomic mass is 10.0. The molecule has 0 spiro atoms. The molecule has 1 aromatic heterocycles. The minimum Gasteiger partial charge on any atom is -0.502 e. The predicted octanol–water partition coefficient (Wildman–Crippen LogP) is 1.48. The van der Waals surface area contributed by atoms with Gasteiger partial charge in [-0.1, -0.05) is 6.07 Å². The third kappa shape index (κ3) is 4.18. The summed E-state index contributed by atoms with van der Waals surface area (Å²) in [5, 5.41) is 15.2. The number of halogens is 1. The monoisotopic (exact) mass is 458 g/mol. The van der Waals surface area contributed by atoms with E-state index >= 15 is 0 Å². The highest BCUT2D eigenvalue weighted by molar-refractivity contribution is 5.99. The summed E-state index contributed by atoms with van der Waals surface area (Å²) < 4.78 is 19.9. The summed E-state index contributed by atoms with van der Waals surface area (Å²) in [7, 11) is 1.54. The van der Waals surface area contributed by atoms with Crippen LogP contribution < -0.4 is 15.8 Å². The van der Waals surface area contributed by atoms with Crippen molar-refractivity contribution in [1.29, 1.82) is 0 Å². The van der Waals surface area contributed by atoms with Crippen molar-refractivity contribution < 1.29 is 23.8 Å². The van der Waals surface area contributed by atoms with Crippen LogP contribution in [-0.2, 0) is 11.3 Å². The van der Waals surface area contributed by atoms with E-state index in [0.29, 0.717) is 30.8 Å². The van der Waals surface area contributed by atoms with Crippen LogP contribution in [-0.4, -0.2) is 59.5 Å². The molecule has 0 unspecified atom stereocenters. The maximum Gasteiger partial charge on any atom is 0.278 e. The van der Waals surface area contributed by atoms with E-state index in [-0.39, 0.29) is 29.8 Å². The Morgan fingerprint density at radius 2 is 2.09 bits per heavy atom. The van der Waals surface area contributed by atoms with E-state index in [1.54, 1.807) is 25.0 Å². The summed E-state index contributed by atoms with van der Waals surface area (Å²) in [6.07, 6.45) is 3.61. The van der Waals surface area contributed by atoms with E-state index in [9.17, 15) is 23.9 Å². The van der Waals surface area contributed by atoms with Gasteiger partial charge in [-0.25, -0.2) is 4.39 Å². The Morgan fingerprint density at radius 1 is 1.30 bits per heavy atom. The number of carbonyl (C=O) groups excluding carboxylic acids is 2. The van der Waals surface area contributed by atoms with Crippen LogP contribution in [0.3, 0.4) is 0 Å². The molecule has 1 saturated heterocycles. The maximum atomic E-state index is 13.3. The summed E-state index contributed by atoms with van der Waals surface area (Å²) in [5.74, 6) is -2.28. The molecule has 1 atom stereocenters. The highest BCUT2D eigenvalue weighted by Crippen LogP contribution is 2.29. The molecule has 10 heteroatoms. The van der Waals surface area contributed by atoms with Crippen molar-refractivity contribution in [2.24, 2.45) is 0 Å². The molecule has 2 aromatic rings. The molecule has 0 saturated carbocycles. The molecule has 9 nitrogen and oxygen atoms in total. The van der Waals surface area contributed by atoms with Gasteiger partial charge in [0.05, 0.1) is 6.61 Å². The Labute approximate surface area is 190 Å². The standard InChI is InChI=1S/C23H27FN4O5/c1-14-11-16(24)7-6-15(14)12-25-22(31)17-13-28-19(21(30)20(17)29)23(32)26(9-10-33-2)18-5-3-4-8-27(18)28/h6-7,11,13,18,30H,3-5,8-10,12H2,1-2H3,(H,25,31)/t18-/m0/s1. The highest BCUT2D eigenvalue weighted by Gasteiger charge is 2.41. The number of aromatic hydroxyl groups is 1. The predicted molar refractivity (Wildman–Crippen MR) is 118 cm³/mol. The first-order valence-corrected chi connectivity index (χ1v) is 10.9. The summed E-state index contributed by atoms with van der Waals surface area (Å²) in [4.78, 5) is 40.5. The first kappa shape index (κ1) is 22.8. The average molecular weight is 458 g/mol. The number of amides is 2. The molecule has 0 aliphatic carbocycles. The van der Waals surface area contributed by atoms with Crippen molar-refractivity contribution in [3.63, 3.8) is 0 Å². The van der Waals surface area contributed by atoms with Gasteiger partial charge in [-0.05, 0) is 49.4 Å². The Bertz CT molecular complexity index is 1150. The number of benzene rings is 1. The van der Waals surface area contributed by atoms with Gasteiger partial charge in [0.25, 0.3) is 11.8 Å². The largest absolute Gasteiger partial charge is 0.502 e. The van der Waals surface area contributed by atoms with Crippen molar-refractivity contribution in [2.75, 3.05) is 31.8 Å². The molecule has 1 aromatic carbocycles. The number of rotatable bonds is 6. The van der Waals surface area contributed by atoms with Gasteiger partial charge in [0.15, 0.2) is 11.4 Å². The summed E-state index contributed by atoms with van der Waals surface area (Å²) in [6, 6.07) is 4.22. The zero-order valence-corrected chi connectivity index (χ0v) is 18.6. The topological polar surface area (TPSA) is 104 Å². The number of hydrogen-bond donors (Lipinski definition) is 2. The van der Waals surface area contributed by atoms with Gasteiger partial charge in [-0.15, -0.1) is 0 Å². The molecule has 4 rings (SSSR count). The van der Waals surface area contributed by atoms with Crippen molar-refractivity contribution in [2.45, 2.75) is 38.9 Å². The van der Waals surface area contributed by atoms with E-state index in [2.05, 4.69) is 5.32 Å². The van der Waals surface area contributed by atoms with E-state index in [1.807, 2.05) is 5.01 Å². The molecule has 3 heterocycles.